The number of rotatable bonds is 7. The zero-order valence-corrected chi connectivity index (χ0v) is 15.7. The van der Waals surface area contributed by atoms with Gasteiger partial charge in [0, 0.05) is 0 Å². The SMILES string of the molecule is C[C@H](NC(=O)[C@H](N)Cc1cccc(C#N)c1)C(=O)OCc1ccccc1.Cl. The van der Waals surface area contributed by atoms with Crippen molar-refractivity contribution in [3.8, 4) is 6.07 Å². The Balaban J connectivity index is 0.00000364. The third-order valence-electron chi connectivity index (χ3n) is 3.78. The van der Waals surface area contributed by atoms with Crippen molar-refractivity contribution >= 4 is 24.3 Å². The van der Waals surface area contributed by atoms with Gasteiger partial charge in [-0.1, -0.05) is 42.5 Å². The van der Waals surface area contributed by atoms with E-state index in [1.54, 1.807) is 31.2 Å². The molecule has 0 saturated heterocycles. The third kappa shape index (κ3) is 7.10. The van der Waals surface area contributed by atoms with E-state index in [0.717, 1.165) is 11.1 Å². The minimum absolute atomic E-state index is 0. The van der Waals surface area contributed by atoms with Crippen molar-refractivity contribution in [3.63, 3.8) is 0 Å². The van der Waals surface area contributed by atoms with Crippen LogP contribution in [0.1, 0.15) is 23.6 Å². The maximum atomic E-state index is 12.2. The summed E-state index contributed by atoms with van der Waals surface area (Å²) in [5.41, 5.74) is 8.07. The van der Waals surface area contributed by atoms with Crippen LogP contribution in [0.3, 0.4) is 0 Å². The molecule has 0 spiro atoms. The molecule has 2 aromatic rings. The molecule has 0 heterocycles. The van der Waals surface area contributed by atoms with Gasteiger partial charge in [-0.2, -0.15) is 5.26 Å². The largest absolute Gasteiger partial charge is 0.459 e. The second-order valence-electron chi connectivity index (χ2n) is 5.95. The van der Waals surface area contributed by atoms with Crippen LogP contribution in [0.2, 0.25) is 0 Å². The molecule has 3 N–H and O–H groups in total. The van der Waals surface area contributed by atoms with Crippen LogP contribution in [-0.2, 0) is 27.4 Å². The molecule has 0 saturated carbocycles. The second kappa shape index (κ2) is 11.0. The Morgan fingerprint density at radius 1 is 1.15 bits per heavy atom. The van der Waals surface area contributed by atoms with Crippen LogP contribution in [0.25, 0.3) is 0 Å². The van der Waals surface area contributed by atoms with Gasteiger partial charge >= 0.3 is 5.97 Å². The van der Waals surface area contributed by atoms with Gasteiger partial charge in [-0.3, -0.25) is 4.79 Å². The highest BCUT2D eigenvalue weighted by atomic mass is 35.5. The van der Waals surface area contributed by atoms with Crippen molar-refractivity contribution in [3.05, 3.63) is 71.3 Å². The summed E-state index contributed by atoms with van der Waals surface area (Å²) < 4.78 is 5.19. The number of nitrogens with zero attached hydrogens (tertiary/aromatic N) is 1. The molecule has 2 rings (SSSR count). The summed E-state index contributed by atoms with van der Waals surface area (Å²) in [6, 6.07) is 16.6. The number of carbonyl (C=O) groups is 2. The van der Waals surface area contributed by atoms with Crippen molar-refractivity contribution in [1.82, 2.24) is 5.32 Å². The number of halogens is 1. The first-order valence-electron chi connectivity index (χ1n) is 8.25. The molecule has 2 aromatic carbocycles. The number of nitrogens with one attached hydrogen (secondary N) is 1. The highest BCUT2D eigenvalue weighted by Crippen LogP contribution is 2.07. The van der Waals surface area contributed by atoms with E-state index in [-0.39, 0.29) is 25.4 Å². The lowest BCUT2D eigenvalue weighted by atomic mass is 10.0. The second-order valence-corrected chi connectivity index (χ2v) is 5.95. The van der Waals surface area contributed by atoms with E-state index in [4.69, 9.17) is 15.7 Å². The number of hydrogen-bond acceptors (Lipinski definition) is 5. The zero-order valence-electron chi connectivity index (χ0n) is 14.9. The first-order valence-corrected chi connectivity index (χ1v) is 8.25. The highest BCUT2D eigenvalue weighted by Gasteiger charge is 2.21. The number of carbonyl (C=O) groups excluding carboxylic acids is 2. The normalized spacial score (nSPS) is 12.0. The Kier molecular flexibility index (Phi) is 9.00. The van der Waals surface area contributed by atoms with Gasteiger partial charge in [0.2, 0.25) is 5.91 Å². The predicted octanol–water partition coefficient (Wildman–Crippen LogP) is 2.10. The van der Waals surface area contributed by atoms with Crippen molar-refractivity contribution in [2.45, 2.75) is 32.0 Å². The van der Waals surface area contributed by atoms with E-state index in [0.29, 0.717) is 5.56 Å². The van der Waals surface area contributed by atoms with E-state index in [9.17, 15) is 9.59 Å². The molecule has 0 fully saturated rings. The van der Waals surface area contributed by atoms with E-state index >= 15 is 0 Å². The minimum Gasteiger partial charge on any atom is -0.459 e. The summed E-state index contributed by atoms with van der Waals surface area (Å²) in [7, 11) is 0. The molecule has 0 radical (unpaired) electrons. The Morgan fingerprint density at radius 2 is 1.81 bits per heavy atom. The van der Waals surface area contributed by atoms with Crippen molar-refractivity contribution < 1.29 is 14.3 Å². The monoisotopic (exact) mass is 387 g/mol. The van der Waals surface area contributed by atoms with Crippen molar-refractivity contribution in [1.29, 1.82) is 5.26 Å². The first-order chi connectivity index (χ1) is 12.5. The van der Waals surface area contributed by atoms with Gasteiger partial charge in [-0.15, -0.1) is 12.4 Å². The van der Waals surface area contributed by atoms with Crippen LogP contribution in [0.15, 0.2) is 54.6 Å². The minimum atomic E-state index is -0.826. The summed E-state index contributed by atoms with van der Waals surface area (Å²) in [6.07, 6.45) is 0.271. The van der Waals surface area contributed by atoms with E-state index in [1.165, 1.54) is 0 Å². The lowest BCUT2D eigenvalue weighted by Crippen LogP contribution is -2.48. The van der Waals surface area contributed by atoms with E-state index in [2.05, 4.69) is 5.32 Å². The Labute approximate surface area is 164 Å². The molecule has 1 amide bonds. The first kappa shape index (κ1) is 22.2. The highest BCUT2D eigenvalue weighted by molar-refractivity contribution is 5.87. The van der Waals surface area contributed by atoms with Crippen LogP contribution >= 0.6 is 12.4 Å². The molecule has 0 bridgehead atoms. The molecule has 6 nitrogen and oxygen atoms in total. The molecule has 142 valence electrons. The molecule has 0 aliphatic rings. The maximum absolute atomic E-state index is 12.2. The number of benzene rings is 2. The van der Waals surface area contributed by atoms with Gasteiger partial charge in [-0.05, 0) is 36.6 Å². The fourth-order valence-electron chi connectivity index (χ4n) is 2.35. The fourth-order valence-corrected chi connectivity index (χ4v) is 2.35. The van der Waals surface area contributed by atoms with Crippen LogP contribution in [0.5, 0.6) is 0 Å². The van der Waals surface area contributed by atoms with Crippen LogP contribution in [-0.4, -0.2) is 24.0 Å². The standard InChI is InChI=1S/C20H21N3O3.ClH/c1-14(20(25)26-13-15-6-3-2-4-7-15)23-19(24)18(22)11-16-8-5-9-17(10-16)12-21;/h2-10,14,18H,11,13,22H2,1H3,(H,23,24);1H/t14-,18+;/m0./s1. The number of ether oxygens (including phenoxy) is 1. The average Bonchev–Trinajstić information content (AvgIpc) is 2.66. The summed E-state index contributed by atoms with van der Waals surface area (Å²) in [5, 5.41) is 11.5. The number of amides is 1. The molecular formula is C20H22ClN3O3. The summed E-state index contributed by atoms with van der Waals surface area (Å²) in [5.74, 6) is -0.975. The summed E-state index contributed by atoms with van der Waals surface area (Å²) in [4.78, 5) is 24.2. The van der Waals surface area contributed by atoms with E-state index in [1.807, 2.05) is 36.4 Å². The fraction of sp³-hybridized carbons (Fsp3) is 0.250. The Hall–Kier alpha value is -2.88. The van der Waals surface area contributed by atoms with Gasteiger partial charge in [0.25, 0.3) is 0 Å². The van der Waals surface area contributed by atoms with Gasteiger partial charge in [0.05, 0.1) is 17.7 Å². The summed E-state index contributed by atoms with van der Waals surface area (Å²) >= 11 is 0. The average molecular weight is 388 g/mol. The lowest BCUT2D eigenvalue weighted by molar-refractivity contribution is -0.148. The molecular weight excluding hydrogens is 366 g/mol. The molecule has 0 aliphatic carbocycles. The molecule has 0 unspecified atom stereocenters. The van der Waals surface area contributed by atoms with Crippen LogP contribution in [0.4, 0.5) is 0 Å². The molecule has 27 heavy (non-hydrogen) atoms. The molecule has 7 heteroatoms. The molecule has 0 aromatic heterocycles. The Morgan fingerprint density at radius 3 is 2.48 bits per heavy atom. The number of hydrogen-bond donors (Lipinski definition) is 2. The quantitative estimate of drug-likeness (QED) is 0.708. The van der Waals surface area contributed by atoms with Gasteiger partial charge < -0.3 is 15.8 Å². The van der Waals surface area contributed by atoms with E-state index < -0.39 is 24.0 Å². The lowest BCUT2D eigenvalue weighted by Gasteiger charge is -2.17. The molecule has 2 atom stereocenters. The van der Waals surface area contributed by atoms with Gasteiger partial charge in [-0.25, -0.2) is 4.79 Å². The number of nitrogens with two attached hydrogens (primary N) is 1. The maximum Gasteiger partial charge on any atom is 0.328 e. The van der Waals surface area contributed by atoms with Gasteiger partial charge in [0.1, 0.15) is 12.6 Å². The predicted molar refractivity (Wildman–Crippen MR) is 104 cm³/mol. The Bertz CT molecular complexity index is 806. The van der Waals surface area contributed by atoms with Crippen LogP contribution in [0, 0.1) is 11.3 Å². The number of esters is 1. The topological polar surface area (TPSA) is 105 Å². The smallest absolute Gasteiger partial charge is 0.328 e. The zero-order chi connectivity index (χ0) is 18.9. The van der Waals surface area contributed by atoms with Crippen molar-refractivity contribution in [2.24, 2.45) is 5.73 Å². The van der Waals surface area contributed by atoms with Gasteiger partial charge in [0.15, 0.2) is 0 Å². The number of nitriles is 1. The third-order valence-corrected chi connectivity index (χ3v) is 3.78. The summed E-state index contributed by atoms with van der Waals surface area (Å²) in [6.45, 7) is 1.70. The molecule has 0 aliphatic heterocycles. The van der Waals surface area contributed by atoms with Crippen molar-refractivity contribution in [2.75, 3.05) is 0 Å². The van der Waals surface area contributed by atoms with Crippen LogP contribution < -0.4 is 11.1 Å².